The van der Waals surface area contributed by atoms with Crippen molar-refractivity contribution >= 4 is 11.8 Å². The number of hydrogen-bond acceptors (Lipinski definition) is 3. The number of aryl methyl sites for hydroxylation is 1. The van der Waals surface area contributed by atoms with Crippen LogP contribution in [0.2, 0.25) is 0 Å². The molecule has 0 bridgehead atoms. The van der Waals surface area contributed by atoms with Crippen molar-refractivity contribution in [3.8, 4) is 11.1 Å². The number of likely N-dealkylation sites (tertiary alicyclic amines) is 1. The number of carbonyl (C=O) groups excluding carboxylic acids is 2. The predicted molar refractivity (Wildman–Crippen MR) is 108 cm³/mol. The van der Waals surface area contributed by atoms with Gasteiger partial charge in [-0.3, -0.25) is 9.59 Å². The molecule has 1 atom stereocenters. The van der Waals surface area contributed by atoms with E-state index in [1.807, 2.05) is 4.90 Å². The molecule has 2 fully saturated rings. The Bertz CT molecular complexity index is 973. The summed E-state index contributed by atoms with van der Waals surface area (Å²) in [5, 5.41) is 2.74. The molecule has 0 aliphatic carbocycles. The Kier molecular flexibility index (Phi) is 5.81. The number of benzene rings is 2. The topological polar surface area (TPSA) is 58.6 Å². The van der Waals surface area contributed by atoms with E-state index >= 15 is 0 Å². The van der Waals surface area contributed by atoms with Gasteiger partial charge in [0.25, 0.3) is 5.91 Å². The second-order valence-corrected chi connectivity index (χ2v) is 7.84. The lowest BCUT2D eigenvalue weighted by Gasteiger charge is -2.31. The van der Waals surface area contributed by atoms with Gasteiger partial charge in [0, 0.05) is 36.9 Å². The molecule has 0 saturated carbocycles. The molecule has 30 heavy (non-hydrogen) atoms. The van der Waals surface area contributed by atoms with Crippen molar-refractivity contribution in [2.24, 2.45) is 0 Å². The van der Waals surface area contributed by atoms with Gasteiger partial charge in [0.05, 0.1) is 0 Å². The third kappa shape index (κ3) is 4.07. The summed E-state index contributed by atoms with van der Waals surface area (Å²) in [6, 6.07) is 7.88. The van der Waals surface area contributed by atoms with Crippen LogP contribution < -0.4 is 5.32 Å². The molecule has 0 radical (unpaired) electrons. The third-order valence-corrected chi connectivity index (χ3v) is 5.89. The lowest BCUT2D eigenvalue weighted by Crippen LogP contribution is -2.46. The lowest BCUT2D eigenvalue weighted by atomic mass is 9.98. The highest BCUT2D eigenvalue weighted by molar-refractivity contribution is 5.98. The summed E-state index contributed by atoms with van der Waals surface area (Å²) in [5.74, 6) is -1.53. The maximum Gasteiger partial charge on any atom is 0.252 e. The van der Waals surface area contributed by atoms with Crippen LogP contribution in [0.15, 0.2) is 36.4 Å². The van der Waals surface area contributed by atoms with Crippen molar-refractivity contribution < 1.29 is 23.1 Å². The monoisotopic (exact) mass is 414 g/mol. The molecule has 2 aliphatic rings. The standard InChI is InChI=1S/C23H24F2N2O3/c1-14-12-16(24)3-5-18(14)19-4-2-15(13-20(19)25)22(28)26-21-6-9-27(23(21)29)17-7-10-30-11-8-17/h2-5,12-13,17,21H,6-11H2,1H3,(H,26,28). The minimum Gasteiger partial charge on any atom is -0.381 e. The van der Waals surface area contributed by atoms with Gasteiger partial charge in [0.15, 0.2) is 0 Å². The molecule has 2 heterocycles. The van der Waals surface area contributed by atoms with E-state index in [-0.39, 0.29) is 23.3 Å². The summed E-state index contributed by atoms with van der Waals surface area (Å²) >= 11 is 0. The smallest absolute Gasteiger partial charge is 0.252 e. The maximum atomic E-state index is 14.7. The van der Waals surface area contributed by atoms with Gasteiger partial charge >= 0.3 is 0 Å². The molecule has 2 aromatic carbocycles. The van der Waals surface area contributed by atoms with E-state index in [2.05, 4.69) is 5.32 Å². The maximum absolute atomic E-state index is 14.7. The lowest BCUT2D eigenvalue weighted by molar-refractivity contribution is -0.132. The first-order chi connectivity index (χ1) is 14.4. The average molecular weight is 414 g/mol. The number of rotatable bonds is 4. The van der Waals surface area contributed by atoms with Gasteiger partial charge in [-0.15, -0.1) is 0 Å². The summed E-state index contributed by atoms with van der Waals surface area (Å²) in [5.41, 5.74) is 1.62. The van der Waals surface area contributed by atoms with E-state index in [4.69, 9.17) is 4.74 Å². The summed E-state index contributed by atoms with van der Waals surface area (Å²) in [4.78, 5) is 27.2. The summed E-state index contributed by atoms with van der Waals surface area (Å²) in [6.07, 6.45) is 2.15. The molecule has 0 spiro atoms. The second kappa shape index (κ2) is 8.52. The Morgan fingerprint density at radius 3 is 2.50 bits per heavy atom. The van der Waals surface area contributed by atoms with Crippen LogP contribution in [0.4, 0.5) is 8.78 Å². The van der Waals surface area contributed by atoms with Crippen LogP contribution in [-0.4, -0.2) is 48.6 Å². The Balaban J connectivity index is 1.45. The number of nitrogens with zero attached hydrogens (tertiary/aromatic N) is 1. The van der Waals surface area contributed by atoms with Crippen LogP contribution in [0.3, 0.4) is 0 Å². The van der Waals surface area contributed by atoms with Gasteiger partial charge in [0.2, 0.25) is 5.91 Å². The number of hydrogen-bond donors (Lipinski definition) is 1. The van der Waals surface area contributed by atoms with E-state index in [1.165, 1.54) is 30.3 Å². The Morgan fingerprint density at radius 1 is 1.07 bits per heavy atom. The van der Waals surface area contributed by atoms with Crippen LogP contribution in [0, 0.1) is 18.6 Å². The Hall–Kier alpha value is -2.80. The van der Waals surface area contributed by atoms with Crippen molar-refractivity contribution in [2.45, 2.75) is 38.3 Å². The zero-order valence-corrected chi connectivity index (χ0v) is 16.8. The number of halogens is 2. The van der Waals surface area contributed by atoms with Gasteiger partial charge in [0.1, 0.15) is 17.7 Å². The molecule has 5 nitrogen and oxygen atoms in total. The van der Waals surface area contributed by atoms with Crippen molar-refractivity contribution in [3.63, 3.8) is 0 Å². The zero-order valence-electron chi connectivity index (χ0n) is 16.8. The van der Waals surface area contributed by atoms with Crippen LogP contribution in [-0.2, 0) is 9.53 Å². The van der Waals surface area contributed by atoms with Crippen molar-refractivity contribution in [2.75, 3.05) is 19.8 Å². The Labute approximate surface area is 174 Å². The van der Waals surface area contributed by atoms with Gasteiger partial charge in [-0.25, -0.2) is 8.78 Å². The number of amides is 2. The summed E-state index contributed by atoms with van der Waals surface area (Å²) in [6.45, 7) is 3.59. The fraction of sp³-hybridized carbons (Fsp3) is 0.391. The SMILES string of the molecule is Cc1cc(F)ccc1-c1ccc(C(=O)NC2CCN(C3CCOCC3)C2=O)cc1F. The minimum absolute atomic E-state index is 0.0886. The number of carbonyl (C=O) groups is 2. The predicted octanol–water partition coefficient (Wildman–Crippen LogP) is 3.45. The van der Waals surface area contributed by atoms with Gasteiger partial charge < -0.3 is 15.0 Å². The molecular formula is C23H24F2N2O3. The molecule has 1 N–H and O–H groups in total. The highest BCUT2D eigenvalue weighted by Gasteiger charge is 2.37. The van der Waals surface area contributed by atoms with E-state index < -0.39 is 17.8 Å². The first kappa shape index (κ1) is 20.5. The Morgan fingerprint density at radius 2 is 1.80 bits per heavy atom. The molecule has 158 valence electrons. The molecule has 2 amide bonds. The second-order valence-electron chi connectivity index (χ2n) is 7.84. The van der Waals surface area contributed by atoms with Crippen LogP contribution >= 0.6 is 0 Å². The fourth-order valence-corrected chi connectivity index (χ4v) is 4.24. The van der Waals surface area contributed by atoms with E-state index in [0.29, 0.717) is 42.9 Å². The first-order valence-corrected chi connectivity index (χ1v) is 10.2. The van der Waals surface area contributed by atoms with Crippen LogP contribution in [0.25, 0.3) is 11.1 Å². The molecule has 2 aromatic rings. The highest BCUT2D eigenvalue weighted by atomic mass is 19.1. The molecule has 4 rings (SSSR count). The average Bonchev–Trinajstić information content (AvgIpc) is 3.09. The van der Waals surface area contributed by atoms with Crippen molar-refractivity contribution in [1.29, 1.82) is 0 Å². The van der Waals surface area contributed by atoms with Gasteiger partial charge in [-0.1, -0.05) is 12.1 Å². The van der Waals surface area contributed by atoms with Gasteiger partial charge in [-0.2, -0.15) is 0 Å². The molecule has 7 heteroatoms. The summed E-state index contributed by atoms with van der Waals surface area (Å²) < 4.78 is 33.4. The summed E-state index contributed by atoms with van der Waals surface area (Å²) in [7, 11) is 0. The largest absolute Gasteiger partial charge is 0.381 e. The van der Waals surface area contributed by atoms with Crippen LogP contribution in [0.1, 0.15) is 35.2 Å². The van der Waals surface area contributed by atoms with E-state index in [0.717, 1.165) is 18.9 Å². The van der Waals surface area contributed by atoms with E-state index in [1.54, 1.807) is 6.92 Å². The van der Waals surface area contributed by atoms with Crippen molar-refractivity contribution in [1.82, 2.24) is 10.2 Å². The zero-order chi connectivity index (χ0) is 21.3. The number of nitrogens with one attached hydrogen (secondary N) is 1. The van der Waals surface area contributed by atoms with Gasteiger partial charge in [-0.05, 0) is 61.6 Å². The van der Waals surface area contributed by atoms with E-state index in [9.17, 15) is 18.4 Å². The minimum atomic E-state index is -0.595. The fourth-order valence-electron chi connectivity index (χ4n) is 4.24. The highest BCUT2D eigenvalue weighted by Crippen LogP contribution is 2.28. The first-order valence-electron chi connectivity index (χ1n) is 10.2. The van der Waals surface area contributed by atoms with Crippen molar-refractivity contribution in [3.05, 3.63) is 59.2 Å². The molecule has 2 saturated heterocycles. The normalized spacial score (nSPS) is 19.9. The third-order valence-electron chi connectivity index (χ3n) is 5.89. The molecular weight excluding hydrogens is 390 g/mol. The molecule has 2 aliphatic heterocycles. The number of ether oxygens (including phenoxy) is 1. The van der Waals surface area contributed by atoms with Crippen LogP contribution in [0.5, 0.6) is 0 Å². The molecule has 1 unspecified atom stereocenters. The quantitative estimate of drug-likeness (QED) is 0.834. The molecule has 0 aromatic heterocycles.